The summed E-state index contributed by atoms with van der Waals surface area (Å²) in [5, 5.41) is 3.36. The summed E-state index contributed by atoms with van der Waals surface area (Å²) >= 11 is 0. The Morgan fingerprint density at radius 1 is 1.12 bits per heavy atom. The monoisotopic (exact) mass is 329 g/mol. The average molecular weight is 329 g/mol. The van der Waals surface area contributed by atoms with Crippen molar-refractivity contribution in [3.05, 3.63) is 41.2 Å². The van der Waals surface area contributed by atoms with Gasteiger partial charge < -0.3 is 11.1 Å². The van der Waals surface area contributed by atoms with Crippen LogP contribution in [0.25, 0.3) is 0 Å². The van der Waals surface area contributed by atoms with Crippen molar-refractivity contribution in [3.63, 3.8) is 0 Å². The molecule has 3 N–H and O–H groups in total. The zero-order valence-corrected chi connectivity index (χ0v) is 14.2. The number of hydrogen-bond acceptors (Lipinski definition) is 5. The maximum absolute atomic E-state index is 13.9. The van der Waals surface area contributed by atoms with Crippen LogP contribution in [0.2, 0.25) is 0 Å². The lowest BCUT2D eigenvalue weighted by Gasteiger charge is -2.23. The molecule has 2 atom stereocenters. The van der Waals surface area contributed by atoms with Gasteiger partial charge in [0.25, 0.3) is 0 Å². The second kappa shape index (κ2) is 7.11. The Morgan fingerprint density at radius 3 is 2.38 bits per heavy atom. The number of alkyl halides is 1. The molecule has 128 valence electrons. The van der Waals surface area contributed by atoms with E-state index in [2.05, 4.69) is 51.5 Å². The number of hydrogen-bond donors (Lipinski definition) is 2. The van der Waals surface area contributed by atoms with Gasteiger partial charge in [-0.3, -0.25) is 0 Å². The molecule has 6 heteroatoms. The molecule has 0 saturated carbocycles. The minimum atomic E-state index is -1.22. The van der Waals surface area contributed by atoms with Crippen LogP contribution in [0.15, 0.2) is 24.3 Å². The van der Waals surface area contributed by atoms with Crippen LogP contribution in [-0.4, -0.2) is 21.0 Å². The molecule has 1 heterocycles. The summed E-state index contributed by atoms with van der Waals surface area (Å²) in [6, 6.07) is 8.76. The summed E-state index contributed by atoms with van der Waals surface area (Å²) in [5.41, 5.74) is 8.54. The van der Waals surface area contributed by atoms with E-state index in [9.17, 15) is 4.39 Å². The molecule has 1 aromatic heterocycles. The minimum Gasteiger partial charge on any atom is -0.368 e. The number of benzene rings is 1. The fourth-order valence-corrected chi connectivity index (χ4v) is 3.39. The molecule has 0 bridgehead atoms. The molecular weight excluding hydrogens is 305 g/mol. The van der Waals surface area contributed by atoms with Crippen LogP contribution in [-0.2, 0) is 12.8 Å². The quantitative estimate of drug-likeness (QED) is 0.848. The van der Waals surface area contributed by atoms with Crippen LogP contribution in [0.1, 0.15) is 49.8 Å². The highest BCUT2D eigenvalue weighted by Crippen LogP contribution is 2.31. The maximum atomic E-state index is 13.9. The van der Waals surface area contributed by atoms with Crippen LogP contribution in [0, 0.1) is 5.92 Å². The highest BCUT2D eigenvalue weighted by molar-refractivity contribution is 5.36. The summed E-state index contributed by atoms with van der Waals surface area (Å²) in [6.07, 6.45) is 2.11. The molecular formula is C18H24FN5. The first-order valence-corrected chi connectivity index (χ1v) is 8.59. The maximum Gasteiger partial charge on any atom is 0.228 e. The van der Waals surface area contributed by atoms with Crippen molar-refractivity contribution in [2.75, 3.05) is 11.1 Å². The molecule has 1 aromatic carbocycles. The summed E-state index contributed by atoms with van der Waals surface area (Å²) in [6.45, 7) is 3.89. The van der Waals surface area contributed by atoms with Gasteiger partial charge in [0, 0.05) is 6.04 Å². The average Bonchev–Trinajstić information content (AvgIpc) is 3.02. The van der Waals surface area contributed by atoms with E-state index >= 15 is 0 Å². The smallest absolute Gasteiger partial charge is 0.228 e. The number of aromatic nitrogens is 3. The predicted molar refractivity (Wildman–Crippen MR) is 93.4 cm³/mol. The third-order valence-electron chi connectivity index (χ3n) is 4.71. The van der Waals surface area contributed by atoms with Crippen LogP contribution < -0.4 is 11.1 Å². The Bertz CT molecular complexity index is 681. The highest BCUT2D eigenvalue weighted by atomic mass is 19.1. The van der Waals surface area contributed by atoms with Gasteiger partial charge in [0.2, 0.25) is 11.9 Å². The molecule has 0 spiro atoms. The van der Waals surface area contributed by atoms with Crippen LogP contribution in [0.4, 0.5) is 16.3 Å². The lowest BCUT2D eigenvalue weighted by atomic mass is 9.94. The van der Waals surface area contributed by atoms with Crippen molar-refractivity contribution >= 4 is 11.9 Å². The molecule has 5 nitrogen and oxygen atoms in total. The van der Waals surface area contributed by atoms with Crippen molar-refractivity contribution in [2.45, 2.75) is 51.7 Å². The van der Waals surface area contributed by atoms with E-state index in [1.165, 1.54) is 11.1 Å². The molecule has 0 saturated heterocycles. The Hall–Kier alpha value is -2.24. The van der Waals surface area contributed by atoms with Crippen LogP contribution in [0.5, 0.6) is 0 Å². The molecule has 24 heavy (non-hydrogen) atoms. The van der Waals surface area contributed by atoms with Gasteiger partial charge in [0.15, 0.2) is 12.0 Å². The first-order chi connectivity index (χ1) is 11.6. The number of halogens is 1. The number of nitrogens with zero attached hydrogens (tertiary/aromatic N) is 3. The summed E-state index contributed by atoms with van der Waals surface area (Å²) in [7, 11) is 0. The van der Waals surface area contributed by atoms with Gasteiger partial charge in [0.1, 0.15) is 0 Å². The number of fused-ring (bicyclic) bond motifs is 1. The molecule has 2 aromatic rings. The van der Waals surface area contributed by atoms with E-state index < -0.39 is 6.17 Å². The van der Waals surface area contributed by atoms with Gasteiger partial charge in [-0.1, -0.05) is 38.1 Å². The van der Waals surface area contributed by atoms with Crippen LogP contribution >= 0.6 is 0 Å². The number of nitrogen functional groups attached to an aromatic ring is 1. The second-order valence-corrected chi connectivity index (χ2v) is 6.35. The summed E-state index contributed by atoms with van der Waals surface area (Å²) < 4.78 is 13.9. The number of nitrogens with two attached hydrogens (primary N) is 1. The largest absolute Gasteiger partial charge is 0.368 e. The van der Waals surface area contributed by atoms with Crippen molar-refractivity contribution in [1.29, 1.82) is 0 Å². The zero-order chi connectivity index (χ0) is 17.1. The predicted octanol–water partition coefficient (Wildman–Crippen LogP) is 3.48. The Labute approximate surface area is 141 Å². The summed E-state index contributed by atoms with van der Waals surface area (Å²) in [5.74, 6) is 1.01. The topological polar surface area (TPSA) is 76.7 Å². The Morgan fingerprint density at radius 2 is 1.79 bits per heavy atom. The van der Waals surface area contributed by atoms with E-state index in [-0.39, 0.29) is 17.8 Å². The van der Waals surface area contributed by atoms with E-state index in [4.69, 9.17) is 5.73 Å². The third kappa shape index (κ3) is 3.47. The van der Waals surface area contributed by atoms with Crippen molar-refractivity contribution in [1.82, 2.24) is 15.0 Å². The SMILES string of the molecule is CCC(F)c1nc(N)nc(NC(CC)C2Cc3ccccc3C2)n1. The van der Waals surface area contributed by atoms with Gasteiger partial charge in [-0.25, -0.2) is 4.39 Å². The lowest BCUT2D eigenvalue weighted by molar-refractivity contribution is 0.318. The Balaban J connectivity index is 1.76. The molecule has 0 amide bonds. The van der Waals surface area contributed by atoms with E-state index in [0.717, 1.165) is 19.3 Å². The molecule has 3 rings (SSSR count). The molecule has 1 aliphatic rings. The van der Waals surface area contributed by atoms with Gasteiger partial charge in [-0.2, -0.15) is 15.0 Å². The molecule has 2 unspecified atom stereocenters. The number of rotatable bonds is 6. The molecule has 0 radical (unpaired) electrons. The molecule has 0 aliphatic heterocycles. The fraction of sp³-hybridized carbons (Fsp3) is 0.500. The Kier molecular flexibility index (Phi) is 4.92. The third-order valence-corrected chi connectivity index (χ3v) is 4.71. The van der Waals surface area contributed by atoms with Gasteiger partial charge in [0.05, 0.1) is 0 Å². The first-order valence-electron chi connectivity index (χ1n) is 8.59. The van der Waals surface area contributed by atoms with Gasteiger partial charge >= 0.3 is 0 Å². The van der Waals surface area contributed by atoms with Gasteiger partial charge in [-0.05, 0) is 42.7 Å². The van der Waals surface area contributed by atoms with E-state index in [1.807, 2.05) is 0 Å². The van der Waals surface area contributed by atoms with E-state index in [0.29, 0.717) is 18.3 Å². The van der Waals surface area contributed by atoms with Crippen molar-refractivity contribution in [2.24, 2.45) is 5.92 Å². The fourth-order valence-electron chi connectivity index (χ4n) is 3.39. The number of anilines is 2. The normalized spacial score (nSPS) is 16.6. The zero-order valence-electron chi connectivity index (χ0n) is 14.2. The second-order valence-electron chi connectivity index (χ2n) is 6.35. The highest BCUT2D eigenvalue weighted by Gasteiger charge is 2.28. The molecule has 0 fully saturated rings. The van der Waals surface area contributed by atoms with Crippen molar-refractivity contribution < 1.29 is 4.39 Å². The van der Waals surface area contributed by atoms with Gasteiger partial charge in [-0.15, -0.1) is 0 Å². The van der Waals surface area contributed by atoms with Crippen LogP contribution in [0.3, 0.4) is 0 Å². The molecule has 1 aliphatic carbocycles. The standard InChI is InChI=1S/C18H24FN5/c1-3-14(19)16-22-17(20)24-18(23-16)21-15(4-2)13-9-11-7-5-6-8-12(11)10-13/h5-8,13-15H,3-4,9-10H2,1-2H3,(H3,20,21,22,23,24). The van der Waals surface area contributed by atoms with E-state index in [1.54, 1.807) is 6.92 Å². The first kappa shape index (κ1) is 16.6. The number of nitrogens with one attached hydrogen (secondary N) is 1. The lowest BCUT2D eigenvalue weighted by Crippen LogP contribution is -2.30. The van der Waals surface area contributed by atoms with Crippen molar-refractivity contribution in [3.8, 4) is 0 Å². The summed E-state index contributed by atoms with van der Waals surface area (Å²) in [4.78, 5) is 12.3. The minimum absolute atomic E-state index is 0.0585.